The van der Waals surface area contributed by atoms with Gasteiger partial charge in [0.2, 0.25) is 0 Å². The lowest BCUT2D eigenvalue weighted by atomic mass is 10.1. The Kier molecular flexibility index (Phi) is 6.08. The molecule has 1 aliphatic rings. The highest BCUT2D eigenvalue weighted by molar-refractivity contribution is 6.01. The van der Waals surface area contributed by atoms with Crippen LogP contribution in [0.4, 0.5) is 0 Å². The average molecular weight is 423 g/mol. The van der Waals surface area contributed by atoms with Crippen molar-refractivity contribution in [3.63, 3.8) is 0 Å². The zero-order valence-corrected chi connectivity index (χ0v) is 17.8. The standard InChI is InChI=1S/C23H25N3O5/c1-25(14-16-8-9-17(28-2)12-22(16)29-3)15-23(27)26-19(21-7-5-11-31-21)13-18(24-26)20-6-4-10-30-20/h4-12,19H,13-15H2,1-3H3. The van der Waals surface area contributed by atoms with Crippen LogP contribution >= 0.6 is 0 Å². The van der Waals surface area contributed by atoms with Crippen LogP contribution in [0.15, 0.2) is 68.9 Å². The number of amides is 1. The number of ether oxygens (including phenoxy) is 2. The lowest BCUT2D eigenvalue weighted by molar-refractivity contribution is -0.134. The second kappa shape index (κ2) is 9.09. The van der Waals surface area contributed by atoms with E-state index in [1.54, 1.807) is 32.8 Å². The van der Waals surface area contributed by atoms with Crippen molar-refractivity contribution in [3.8, 4) is 11.5 Å². The van der Waals surface area contributed by atoms with Crippen LogP contribution in [0.3, 0.4) is 0 Å². The Morgan fingerprint density at radius 2 is 1.97 bits per heavy atom. The molecule has 8 heteroatoms. The molecule has 2 aromatic heterocycles. The SMILES string of the molecule is COc1ccc(CN(C)CC(=O)N2N=C(c3ccco3)CC2c2ccco2)c(OC)c1. The molecule has 0 bridgehead atoms. The fraction of sp³-hybridized carbons (Fsp3) is 0.304. The summed E-state index contributed by atoms with van der Waals surface area (Å²) in [7, 11) is 5.12. The monoisotopic (exact) mass is 423 g/mol. The Balaban J connectivity index is 1.49. The van der Waals surface area contributed by atoms with Crippen molar-refractivity contribution in [2.75, 3.05) is 27.8 Å². The molecule has 162 valence electrons. The number of likely N-dealkylation sites (N-methyl/N-ethyl adjacent to an activating group) is 1. The molecule has 8 nitrogen and oxygen atoms in total. The van der Waals surface area contributed by atoms with E-state index >= 15 is 0 Å². The summed E-state index contributed by atoms with van der Waals surface area (Å²) in [6.07, 6.45) is 3.73. The highest BCUT2D eigenvalue weighted by atomic mass is 16.5. The topological polar surface area (TPSA) is 80.7 Å². The van der Waals surface area contributed by atoms with Crippen LogP contribution < -0.4 is 9.47 Å². The molecular formula is C23H25N3O5. The number of carbonyl (C=O) groups excluding carboxylic acids is 1. The molecule has 0 N–H and O–H groups in total. The van der Waals surface area contributed by atoms with Crippen LogP contribution in [0.25, 0.3) is 0 Å². The van der Waals surface area contributed by atoms with E-state index in [1.807, 2.05) is 48.3 Å². The minimum atomic E-state index is -0.300. The maximum absolute atomic E-state index is 13.2. The quantitative estimate of drug-likeness (QED) is 0.550. The predicted octanol–water partition coefficient (Wildman–Crippen LogP) is 3.70. The molecule has 3 heterocycles. The molecule has 1 aliphatic heterocycles. The molecule has 1 amide bonds. The van der Waals surface area contributed by atoms with Crippen molar-refractivity contribution < 1.29 is 23.1 Å². The third-order valence-electron chi connectivity index (χ3n) is 5.18. The summed E-state index contributed by atoms with van der Waals surface area (Å²) in [5.41, 5.74) is 1.68. The molecule has 0 aliphatic carbocycles. The molecule has 4 rings (SSSR count). The second-order valence-corrected chi connectivity index (χ2v) is 7.35. The van der Waals surface area contributed by atoms with E-state index in [9.17, 15) is 4.79 Å². The van der Waals surface area contributed by atoms with Gasteiger partial charge in [0, 0.05) is 24.6 Å². The molecule has 3 aromatic rings. The normalized spacial score (nSPS) is 15.9. The summed E-state index contributed by atoms with van der Waals surface area (Å²) < 4.78 is 21.8. The van der Waals surface area contributed by atoms with Gasteiger partial charge in [-0.25, -0.2) is 5.01 Å². The third-order valence-corrected chi connectivity index (χ3v) is 5.18. The zero-order valence-electron chi connectivity index (χ0n) is 17.8. The number of hydrogen-bond acceptors (Lipinski definition) is 7. The van der Waals surface area contributed by atoms with Crippen molar-refractivity contribution in [3.05, 3.63) is 72.1 Å². The lowest BCUT2D eigenvalue weighted by Gasteiger charge is -2.24. The van der Waals surface area contributed by atoms with E-state index in [4.69, 9.17) is 18.3 Å². The second-order valence-electron chi connectivity index (χ2n) is 7.35. The first-order valence-corrected chi connectivity index (χ1v) is 9.95. The van der Waals surface area contributed by atoms with Crippen LogP contribution in [-0.4, -0.2) is 49.3 Å². The van der Waals surface area contributed by atoms with Gasteiger partial charge in [0.25, 0.3) is 5.91 Å². The fourth-order valence-electron chi connectivity index (χ4n) is 3.67. The molecule has 0 fully saturated rings. The fourth-order valence-corrected chi connectivity index (χ4v) is 3.67. The molecular weight excluding hydrogens is 398 g/mol. The Labute approximate surface area is 180 Å². The van der Waals surface area contributed by atoms with Crippen molar-refractivity contribution in [1.29, 1.82) is 0 Å². The van der Waals surface area contributed by atoms with E-state index in [0.29, 0.717) is 30.2 Å². The van der Waals surface area contributed by atoms with Gasteiger partial charge in [-0.1, -0.05) is 6.07 Å². The van der Waals surface area contributed by atoms with Gasteiger partial charge in [-0.05, 0) is 37.4 Å². The van der Waals surface area contributed by atoms with Gasteiger partial charge in [-0.2, -0.15) is 5.10 Å². The van der Waals surface area contributed by atoms with Crippen LogP contribution in [0, 0.1) is 0 Å². The molecule has 1 aromatic carbocycles. The van der Waals surface area contributed by atoms with Gasteiger partial charge < -0.3 is 18.3 Å². The van der Waals surface area contributed by atoms with E-state index in [1.165, 1.54) is 5.01 Å². The molecule has 31 heavy (non-hydrogen) atoms. The van der Waals surface area contributed by atoms with Crippen LogP contribution in [0.1, 0.15) is 29.5 Å². The van der Waals surface area contributed by atoms with Crippen molar-refractivity contribution >= 4 is 11.6 Å². The minimum absolute atomic E-state index is 0.127. The molecule has 0 spiro atoms. The van der Waals surface area contributed by atoms with Crippen LogP contribution in [-0.2, 0) is 11.3 Å². The van der Waals surface area contributed by atoms with E-state index in [0.717, 1.165) is 17.0 Å². The summed E-state index contributed by atoms with van der Waals surface area (Å²) in [5, 5.41) is 6.06. The van der Waals surface area contributed by atoms with Gasteiger partial charge in [0.15, 0.2) is 0 Å². The predicted molar refractivity (Wildman–Crippen MR) is 114 cm³/mol. The molecule has 1 unspecified atom stereocenters. The average Bonchev–Trinajstić information content (AvgIpc) is 3.54. The number of hydrazone groups is 1. The largest absolute Gasteiger partial charge is 0.497 e. The summed E-state index contributed by atoms with van der Waals surface area (Å²) in [6, 6.07) is 12.7. The number of hydrogen-bond donors (Lipinski definition) is 0. The van der Waals surface area contributed by atoms with Gasteiger partial charge >= 0.3 is 0 Å². The maximum atomic E-state index is 13.2. The minimum Gasteiger partial charge on any atom is -0.497 e. The summed E-state index contributed by atoms with van der Waals surface area (Å²) >= 11 is 0. The summed E-state index contributed by atoms with van der Waals surface area (Å²) in [6.45, 7) is 0.717. The van der Waals surface area contributed by atoms with Crippen LogP contribution in [0.5, 0.6) is 11.5 Å². The highest BCUT2D eigenvalue weighted by Gasteiger charge is 2.36. The molecule has 0 saturated heterocycles. The summed E-state index contributed by atoms with van der Waals surface area (Å²) in [4.78, 5) is 15.1. The zero-order chi connectivity index (χ0) is 21.8. The Morgan fingerprint density at radius 1 is 1.16 bits per heavy atom. The first kappa shape index (κ1) is 20.7. The van der Waals surface area contributed by atoms with Gasteiger partial charge in [0.1, 0.15) is 34.8 Å². The number of methoxy groups -OCH3 is 2. The Bertz CT molecular complexity index is 1040. The number of benzene rings is 1. The van der Waals surface area contributed by atoms with E-state index in [-0.39, 0.29) is 18.5 Å². The first-order valence-electron chi connectivity index (χ1n) is 9.95. The van der Waals surface area contributed by atoms with Crippen molar-refractivity contribution in [2.45, 2.75) is 19.0 Å². The highest BCUT2D eigenvalue weighted by Crippen LogP contribution is 2.33. The van der Waals surface area contributed by atoms with Gasteiger partial charge in [0.05, 0.1) is 33.3 Å². The first-order chi connectivity index (χ1) is 15.1. The number of rotatable bonds is 8. The van der Waals surface area contributed by atoms with E-state index in [2.05, 4.69) is 5.10 Å². The number of carbonyl (C=O) groups is 1. The van der Waals surface area contributed by atoms with E-state index < -0.39 is 0 Å². The smallest absolute Gasteiger partial charge is 0.257 e. The third kappa shape index (κ3) is 4.49. The van der Waals surface area contributed by atoms with Crippen LogP contribution in [0.2, 0.25) is 0 Å². The Hall–Kier alpha value is -3.52. The number of furan rings is 2. The molecule has 0 radical (unpaired) electrons. The lowest BCUT2D eigenvalue weighted by Crippen LogP contribution is -2.36. The van der Waals surface area contributed by atoms with Gasteiger partial charge in [-0.15, -0.1) is 0 Å². The Morgan fingerprint density at radius 3 is 2.65 bits per heavy atom. The van der Waals surface area contributed by atoms with Crippen molar-refractivity contribution in [1.82, 2.24) is 9.91 Å². The molecule has 0 saturated carbocycles. The molecule has 1 atom stereocenters. The maximum Gasteiger partial charge on any atom is 0.257 e. The number of nitrogens with zero attached hydrogens (tertiary/aromatic N) is 3. The van der Waals surface area contributed by atoms with Gasteiger partial charge in [-0.3, -0.25) is 9.69 Å². The van der Waals surface area contributed by atoms with Crippen molar-refractivity contribution in [2.24, 2.45) is 5.10 Å². The summed E-state index contributed by atoms with van der Waals surface area (Å²) in [5.74, 6) is 2.66.